The van der Waals surface area contributed by atoms with Crippen LogP contribution in [-0.2, 0) is 5.41 Å². The Morgan fingerprint density at radius 3 is 2.00 bits per heavy atom. The fraction of sp³-hybridized carbons (Fsp3) is 0.533. The molecule has 0 saturated heterocycles. The van der Waals surface area contributed by atoms with E-state index in [4.69, 9.17) is 10.7 Å². The normalized spacial score (nSPS) is 11.9. The number of rotatable bonds is 1. The van der Waals surface area contributed by atoms with Gasteiger partial charge in [-0.3, -0.25) is 0 Å². The van der Waals surface area contributed by atoms with Crippen molar-refractivity contribution in [3.8, 4) is 5.82 Å². The highest BCUT2D eigenvalue weighted by atomic mass is 15.3. The van der Waals surface area contributed by atoms with E-state index in [-0.39, 0.29) is 5.41 Å². The van der Waals surface area contributed by atoms with E-state index in [2.05, 4.69) is 37.8 Å². The SMILES string of the molecule is Cc1nn(-c2nc(C(C)(C)C)nc(N)c2C)c(C)c1C. The first kappa shape index (κ1) is 14.5. The number of nitrogens with two attached hydrogens (primary N) is 1. The first-order valence-electron chi connectivity index (χ1n) is 6.80. The van der Waals surface area contributed by atoms with E-state index in [9.17, 15) is 0 Å². The Balaban J connectivity index is 2.73. The summed E-state index contributed by atoms with van der Waals surface area (Å²) in [6.07, 6.45) is 0. The third-order valence-electron chi connectivity index (χ3n) is 3.68. The predicted octanol–water partition coefficient (Wildman–Crippen LogP) is 2.78. The van der Waals surface area contributed by atoms with Gasteiger partial charge in [0.05, 0.1) is 5.69 Å². The summed E-state index contributed by atoms with van der Waals surface area (Å²) < 4.78 is 1.87. The molecule has 0 radical (unpaired) electrons. The van der Waals surface area contributed by atoms with Gasteiger partial charge in [0.25, 0.3) is 0 Å². The van der Waals surface area contributed by atoms with Crippen LogP contribution in [0.15, 0.2) is 0 Å². The molecule has 0 saturated carbocycles. The van der Waals surface area contributed by atoms with Crippen LogP contribution in [0.1, 0.15) is 49.1 Å². The Kier molecular flexibility index (Phi) is 3.32. The molecule has 5 nitrogen and oxygen atoms in total. The molecule has 0 spiro atoms. The maximum Gasteiger partial charge on any atom is 0.162 e. The molecule has 2 aromatic rings. The van der Waals surface area contributed by atoms with Crippen LogP contribution in [0.2, 0.25) is 0 Å². The highest BCUT2D eigenvalue weighted by Gasteiger charge is 2.22. The number of aryl methyl sites for hydroxylation is 1. The van der Waals surface area contributed by atoms with E-state index in [0.29, 0.717) is 5.82 Å². The predicted molar refractivity (Wildman–Crippen MR) is 81.2 cm³/mol. The van der Waals surface area contributed by atoms with Crippen molar-refractivity contribution in [2.45, 2.75) is 53.9 Å². The smallest absolute Gasteiger partial charge is 0.162 e. The minimum absolute atomic E-state index is 0.151. The molecule has 0 atom stereocenters. The molecule has 0 aliphatic rings. The van der Waals surface area contributed by atoms with Crippen molar-refractivity contribution in [2.24, 2.45) is 0 Å². The van der Waals surface area contributed by atoms with E-state index in [0.717, 1.165) is 28.6 Å². The fourth-order valence-corrected chi connectivity index (χ4v) is 1.99. The van der Waals surface area contributed by atoms with Gasteiger partial charge >= 0.3 is 0 Å². The molecule has 0 bridgehead atoms. The lowest BCUT2D eigenvalue weighted by Crippen LogP contribution is -2.20. The zero-order chi connectivity index (χ0) is 15.2. The number of aromatic nitrogens is 4. The van der Waals surface area contributed by atoms with Crippen LogP contribution < -0.4 is 5.73 Å². The molecule has 0 aliphatic heterocycles. The number of hydrogen-bond donors (Lipinski definition) is 1. The zero-order valence-corrected chi connectivity index (χ0v) is 13.4. The summed E-state index contributed by atoms with van der Waals surface area (Å²) in [5.41, 5.74) is 10.0. The highest BCUT2D eigenvalue weighted by Crippen LogP contribution is 2.25. The Hall–Kier alpha value is -1.91. The standard InChI is InChI=1S/C15H23N5/c1-8-10(3)19-20(11(8)4)13-9(2)12(16)17-14(18-13)15(5,6)7/h1-7H3,(H2,16,17,18). The molecule has 5 heteroatoms. The van der Waals surface area contributed by atoms with Gasteiger partial charge in [0.2, 0.25) is 0 Å². The number of nitrogens with zero attached hydrogens (tertiary/aromatic N) is 4. The Bertz CT molecular complexity index is 662. The first-order chi connectivity index (χ1) is 9.12. The first-order valence-corrected chi connectivity index (χ1v) is 6.80. The summed E-state index contributed by atoms with van der Waals surface area (Å²) in [5.74, 6) is 2.03. The highest BCUT2D eigenvalue weighted by molar-refractivity contribution is 5.49. The third-order valence-corrected chi connectivity index (χ3v) is 3.68. The topological polar surface area (TPSA) is 69.6 Å². The molecule has 20 heavy (non-hydrogen) atoms. The lowest BCUT2D eigenvalue weighted by molar-refractivity contribution is 0.542. The molecular weight excluding hydrogens is 250 g/mol. The van der Waals surface area contributed by atoms with Gasteiger partial charge in [0, 0.05) is 16.7 Å². The lowest BCUT2D eigenvalue weighted by Gasteiger charge is -2.19. The summed E-state index contributed by atoms with van der Waals surface area (Å²) in [4.78, 5) is 9.11. The molecule has 0 unspecified atom stereocenters. The molecule has 2 N–H and O–H groups in total. The molecule has 2 rings (SSSR count). The van der Waals surface area contributed by atoms with Gasteiger partial charge in [-0.25, -0.2) is 14.6 Å². The monoisotopic (exact) mass is 273 g/mol. The van der Waals surface area contributed by atoms with E-state index in [1.165, 1.54) is 5.56 Å². The van der Waals surface area contributed by atoms with E-state index >= 15 is 0 Å². The van der Waals surface area contributed by atoms with Crippen LogP contribution in [-0.4, -0.2) is 19.7 Å². The van der Waals surface area contributed by atoms with E-state index < -0.39 is 0 Å². The molecule has 2 aromatic heterocycles. The second kappa shape index (κ2) is 4.58. The summed E-state index contributed by atoms with van der Waals surface area (Å²) >= 11 is 0. The minimum Gasteiger partial charge on any atom is -0.383 e. The van der Waals surface area contributed by atoms with Gasteiger partial charge in [0.15, 0.2) is 5.82 Å². The van der Waals surface area contributed by atoms with Crippen molar-refractivity contribution in [3.05, 3.63) is 28.3 Å². The second-order valence-corrected chi connectivity index (χ2v) is 6.34. The third kappa shape index (κ3) is 2.28. The molecule has 108 valence electrons. The maximum atomic E-state index is 6.06. The van der Waals surface area contributed by atoms with Gasteiger partial charge in [-0.05, 0) is 33.3 Å². The van der Waals surface area contributed by atoms with Gasteiger partial charge in [-0.15, -0.1) is 0 Å². The van der Waals surface area contributed by atoms with Crippen LogP contribution >= 0.6 is 0 Å². The summed E-state index contributed by atoms with van der Waals surface area (Å²) in [7, 11) is 0. The van der Waals surface area contributed by atoms with Crippen LogP contribution in [0.5, 0.6) is 0 Å². The van der Waals surface area contributed by atoms with Crippen molar-refractivity contribution in [1.29, 1.82) is 0 Å². The van der Waals surface area contributed by atoms with Crippen molar-refractivity contribution in [2.75, 3.05) is 5.73 Å². The number of anilines is 1. The van der Waals surface area contributed by atoms with Crippen LogP contribution in [0.3, 0.4) is 0 Å². The Labute approximate surface area is 120 Å². The summed E-state index contributed by atoms with van der Waals surface area (Å²) in [6, 6.07) is 0. The number of nitrogen functional groups attached to an aromatic ring is 1. The molecule has 0 fully saturated rings. The quantitative estimate of drug-likeness (QED) is 0.867. The van der Waals surface area contributed by atoms with Crippen LogP contribution in [0.25, 0.3) is 5.82 Å². The van der Waals surface area contributed by atoms with Crippen LogP contribution in [0, 0.1) is 27.7 Å². The second-order valence-electron chi connectivity index (χ2n) is 6.34. The van der Waals surface area contributed by atoms with E-state index in [1.807, 2.05) is 25.5 Å². The summed E-state index contributed by atoms with van der Waals surface area (Å²) in [5, 5.41) is 4.58. The van der Waals surface area contributed by atoms with Crippen LogP contribution in [0.4, 0.5) is 5.82 Å². The fourth-order valence-electron chi connectivity index (χ4n) is 1.99. The van der Waals surface area contributed by atoms with Gasteiger partial charge in [-0.2, -0.15) is 5.10 Å². The van der Waals surface area contributed by atoms with Gasteiger partial charge < -0.3 is 5.73 Å². The summed E-state index contributed by atoms with van der Waals surface area (Å²) in [6.45, 7) is 14.3. The largest absolute Gasteiger partial charge is 0.383 e. The van der Waals surface area contributed by atoms with E-state index in [1.54, 1.807) is 0 Å². The van der Waals surface area contributed by atoms with Gasteiger partial charge in [-0.1, -0.05) is 20.8 Å². The van der Waals surface area contributed by atoms with Crippen molar-refractivity contribution in [3.63, 3.8) is 0 Å². The zero-order valence-electron chi connectivity index (χ0n) is 13.4. The van der Waals surface area contributed by atoms with Gasteiger partial charge in [0.1, 0.15) is 11.6 Å². The van der Waals surface area contributed by atoms with Crippen molar-refractivity contribution >= 4 is 5.82 Å². The maximum absolute atomic E-state index is 6.06. The Morgan fingerprint density at radius 1 is 0.950 bits per heavy atom. The average Bonchev–Trinajstić information content (AvgIpc) is 2.59. The molecule has 0 aliphatic carbocycles. The van der Waals surface area contributed by atoms with Crippen molar-refractivity contribution in [1.82, 2.24) is 19.7 Å². The number of hydrogen-bond acceptors (Lipinski definition) is 4. The lowest BCUT2D eigenvalue weighted by atomic mass is 9.95. The molecule has 0 aromatic carbocycles. The van der Waals surface area contributed by atoms with Crippen molar-refractivity contribution < 1.29 is 0 Å². The molecular formula is C15H23N5. The average molecular weight is 273 g/mol. The molecule has 0 amide bonds. The molecule has 2 heterocycles. The Morgan fingerprint density at radius 2 is 1.55 bits per heavy atom. The minimum atomic E-state index is -0.151.